The maximum Gasteiger partial charge on any atom is 0.416 e. The first-order valence-corrected chi connectivity index (χ1v) is 16.1. The molecule has 1 atom stereocenters. The number of carbonyl (C=O) groups is 1. The molecule has 10 nitrogen and oxygen atoms in total. The van der Waals surface area contributed by atoms with Gasteiger partial charge >= 0.3 is 6.18 Å². The minimum Gasteiger partial charge on any atom is -0.393 e. The van der Waals surface area contributed by atoms with Gasteiger partial charge in [0.05, 0.1) is 29.8 Å². The van der Waals surface area contributed by atoms with Gasteiger partial charge in [0, 0.05) is 36.8 Å². The topological polar surface area (TPSA) is 132 Å². The molecule has 4 aromatic rings. The first-order valence-electron chi connectivity index (χ1n) is 16.1. The second-order valence-corrected chi connectivity index (χ2v) is 13.2. The van der Waals surface area contributed by atoms with Gasteiger partial charge in [0.2, 0.25) is 0 Å². The number of carbonyl (C=O) groups excluding carboxylic acids is 1. The summed E-state index contributed by atoms with van der Waals surface area (Å²) in [5.41, 5.74) is 1.75. The van der Waals surface area contributed by atoms with Gasteiger partial charge in [0.1, 0.15) is 18.0 Å². The average molecular weight is 657 g/mol. The Morgan fingerprint density at radius 3 is 2.56 bits per heavy atom. The highest BCUT2D eigenvalue weighted by atomic mass is 19.4. The summed E-state index contributed by atoms with van der Waals surface area (Å²) < 4.78 is 45.1. The Labute approximate surface area is 275 Å². The fourth-order valence-electron chi connectivity index (χ4n) is 6.65. The Bertz CT molecular complexity index is 1920. The van der Waals surface area contributed by atoms with Crippen LogP contribution in [-0.4, -0.2) is 48.9 Å². The lowest BCUT2D eigenvalue weighted by Crippen LogP contribution is -2.43. The Kier molecular flexibility index (Phi) is 8.17. The summed E-state index contributed by atoms with van der Waals surface area (Å²) >= 11 is 0. The highest BCUT2D eigenvalue weighted by molar-refractivity contribution is 6.10. The van der Waals surface area contributed by atoms with E-state index in [1.54, 1.807) is 42.2 Å². The van der Waals surface area contributed by atoms with Crippen LogP contribution in [0.2, 0.25) is 0 Å². The van der Waals surface area contributed by atoms with Crippen LogP contribution < -0.4 is 15.5 Å². The molecule has 13 heteroatoms. The number of aromatic nitrogens is 4. The van der Waals surface area contributed by atoms with E-state index in [0.717, 1.165) is 12.5 Å². The van der Waals surface area contributed by atoms with Crippen LogP contribution in [0.25, 0.3) is 22.5 Å². The first kappa shape index (κ1) is 31.8. The summed E-state index contributed by atoms with van der Waals surface area (Å²) in [5.74, 6) is 1.28. The Balaban J connectivity index is 1.30. The summed E-state index contributed by atoms with van der Waals surface area (Å²) in [4.78, 5) is 20.1. The number of nitriles is 1. The summed E-state index contributed by atoms with van der Waals surface area (Å²) in [6.07, 6.45) is 0.861. The van der Waals surface area contributed by atoms with Crippen LogP contribution >= 0.6 is 0 Å². The molecular weight excluding hydrogens is 621 g/mol. The van der Waals surface area contributed by atoms with Crippen molar-refractivity contribution in [2.24, 2.45) is 13.0 Å². The number of aliphatic hydroxyl groups excluding tert-OH is 1. The molecular formula is C35H35F3N8O2. The van der Waals surface area contributed by atoms with Crippen LogP contribution in [0.4, 0.5) is 24.8 Å². The monoisotopic (exact) mass is 656 g/mol. The molecule has 2 fully saturated rings. The van der Waals surface area contributed by atoms with E-state index in [4.69, 9.17) is 4.98 Å². The van der Waals surface area contributed by atoms with Crippen molar-refractivity contribution in [3.05, 3.63) is 76.6 Å². The Morgan fingerprint density at radius 1 is 1.10 bits per heavy atom. The number of pyridine rings is 1. The molecule has 2 saturated carbocycles. The van der Waals surface area contributed by atoms with E-state index in [0.29, 0.717) is 58.2 Å². The molecule has 2 aromatic heterocycles. The standard InChI is InChI=1S/C35H35F3N8O2/c1-19(7-20-3-4-20)42-31-11-23(27-8-21(15-39)5-6-26(27)33-44-41-18-45(33)2)12-32(43-31)46-17-29-28(34(46)48)9-22(10-30(29)35(36,37)38)16-40-24-13-25(47)14-24/h5-6,8-12,18-20,24-25,40,47H,3-4,7,13-14,16-17H2,1-2H3,(H,42,43)/t19-,24-,25+/m0/s1. The third-order valence-electron chi connectivity index (χ3n) is 9.39. The summed E-state index contributed by atoms with van der Waals surface area (Å²) in [6, 6.07) is 13.6. The van der Waals surface area contributed by atoms with Gasteiger partial charge in [-0.25, -0.2) is 4.98 Å². The van der Waals surface area contributed by atoms with Crippen LogP contribution in [0.3, 0.4) is 0 Å². The number of halogens is 3. The molecule has 2 aromatic carbocycles. The van der Waals surface area contributed by atoms with Crippen LogP contribution in [0.1, 0.15) is 71.6 Å². The number of hydrogen-bond acceptors (Lipinski definition) is 8. The highest BCUT2D eigenvalue weighted by Gasteiger charge is 2.41. The largest absolute Gasteiger partial charge is 0.416 e. The molecule has 1 aliphatic heterocycles. The van der Waals surface area contributed by atoms with Crippen LogP contribution in [0, 0.1) is 17.2 Å². The van der Waals surface area contributed by atoms with E-state index in [2.05, 4.69) is 33.8 Å². The second kappa shape index (κ2) is 12.3. The minimum absolute atomic E-state index is 0.00895. The zero-order valence-corrected chi connectivity index (χ0v) is 26.6. The Hall–Kier alpha value is -4.80. The predicted molar refractivity (Wildman–Crippen MR) is 173 cm³/mol. The van der Waals surface area contributed by atoms with E-state index < -0.39 is 23.8 Å². The van der Waals surface area contributed by atoms with Crippen molar-refractivity contribution in [1.82, 2.24) is 25.1 Å². The summed E-state index contributed by atoms with van der Waals surface area (Å²) in [6.45, 7) is 1.90. The lowest BCUT2D eigenvalue weighted by atomic mass is 9.89. The van der Waals surface area contributed by atoms with Crippen molar-refractivity contribution < 1.29 is 23.1 Å². The molecule has 3 N–H and O–H groups in total. The number of nitrogens with zero attached hydrogens (tertiary/aromatic N) is 6. The van der Waals surface area contributed by atoms with Gasteiger partial charge in [-0.2, -0.15) is 18.4 Å². The van der Waals surface area contributed by atoms with E-state index in [-0.39, 0.29) is 42.1 Å². The average Bonchev–Trinajstić information content (AvgIpc) is 3.64. The van der Waals surface area contributed by atoms with Crippen molar-refractivity contribution in [1.29, 1.82) is 5.26 Å². The lowest BCUT2D eigenvalue weighted by Gasteiger charge is -2.32. The smallest absolute Gasteiger partial charge is 0.393 e. The second-order valence-electron chi connectivity index (χ2n) is 13.2. The van der Waals surface area contributed by atoms with E-state index in [1.165, 1.54) is 23.8 Å². The van der Waals surface area contributed by atoms with Gasteiger partial charge in [-0.1, -0.05) is 12.8 Å². The molecule has 248 valence electrons. The van der Waals surface area contributed by atoms with E-state index >= 15 is 0 Å². The van der Waals surface area contributed by atoms with Crippen molar-refractivity contribution in [2.75, 3.05) is 10.2 Å². The summed E-state index contributed by atoms with van der Waals surface area (Å²) in [7, 11) is 1.81. The normalized spacial score (nSPS) is 19.5. The molecule has 0 radical (unpaired) electrons. The molecule has 3 aliphatic rings. The fraction of sp³-hybridized carbons (Fsp3) is 0.400. The molecule has 1 amide bonds. The number of aliphatic hydroxyl groups is 1. The van der Waals surface area contributed by atoms with Gasteiger partial charge < -0.3 is 20.3 Å². The van der Waals surface area contributed by atoms with Gasteiger partial charge in [-0.05, 0) is 96.8 Å². The molecule has 0 spiro atoms. The number of aryl methyl sites for hydroxylation is 1. The summed E-state index contributed by atoms with van der Waals surface area (Å²) in [5, 5.41) is 34.3. The number of rotatable bonds is 10. The molecule has 0 unspecified atom stereocenters. The maximum absolute atomic E-state index is 14.4. The molecule has 0 saturated heterocycles. The van der Waals surface area contributed by atoms with E-state index in [9.17, 15) is 28.3 Å². The van der Waals surface area contributed by atoms with Gasteiger partial charge in [-0.15, -0.1) is 10.2 Å². The number of amides is 1. The number of benzene rings is 2. The third kappa shape index (κ3) is 6.37. The van der Waals surface area contributed by atoms with Gasteiger partial charge in [0.25, 0.3) is 5.91 Å². The zero-order chi connectivity index (χ0) is 33.7. The zero-order valence-electron chi connectivity index (χ0n) is 26.6. The maximum atomic E-state index is 14.4. The van der Waals surface area contributed by atoms with Crippen molar-refractivity contribution in [2.45, 2.75) is 76.5 Å². The minimum atomic E-state index is -4.67. The highest BCUT2D eigenvalue weighted by Crippen LogP contribution is 2.41. The van der Waals surface area contributed by atoms with Crippen molar-refractivity contribution in [3.63, 3.8) is 0 Å². The molecule has 2 aliphatic carbocycles. The molecule has 7 rings (SSSR count). The molecule has 3 heterocycles. The van der Waals surface area contributed by atoms with Crippen molar-refractivity contribution >= 4 is 17.5 Å². The van der Waals surface area contributed by atoms with Gasteiger partial charge in [0.15, 0.2) is 5.82 Å². The van der Waals surface area contributed by atoms with E-state index in [1.807, 2.05) is 6.07 Å². The fourth-order valence-corrected chi connectivity index (χ4v) is 6.65. The predicted octanol–water partition coefficient (Wildman–Crippen LogP) is 5.81. The Morgan fingerprint density at radius 2 is 1.90 bits per heavy atom. The lowest BCUT2D eigenvalue weighted by molar-refractivity contribution is -0.138. The quantitative estimate of drug-likeness (QED) is 0.195. The first-order chi connectivity index (χ1) is 23.0. The molecule has 48 heavy (non-hydrogen) atoms. The third-order valence-corrected chi connectivity index (χ3v) is 9.39. The number of hydrogen-bond donors (Lipinski definition) is 3. The van der Waals surface area contributed by atoms with Crippen LogP contribution in [0.5, 0.6) is 0 Å². The SMILES string of the molecule is C[C@@H](CC1CC1)Nc1cc(-c2cc(C#N)ccc2-c2nncn2C)cc(N2Cc3c(cc(CN[C@H]4C[C@@H](O)C4)cc3C(F)(F)F)C2=O)n1. The number of alkyl halides is 3. The number of anilines is 2. The van der Waals surface area contributed by atoms with Gasteiger partial charge in [-0.3, -0.25) is 9.69 Å². The van der Waals surface area contributed by atoms with Crippen LogP contribution in [0.15, 0.2) is 48.8 Å². The number of nitrogens with one attached hydrogen (secondary N) is 2. The van der Waals surface area contributed by atoms with Crippen molar-refractivity contribution in [3.8, 4) is 28.6 Å². The number of fused-ring (bicyclic) bond motifs is 1. The van der Waals surface area contributed by atoms with Crippen LogP contribution in [-0.2, 0) is 26.3 Å². The molecule has 0 bridgehead atoms.